The Kier molecular flexibility index (Phi) is 4.07. The number of hydrogen-bond donors (Lipinski definition) is 1. The molecule has 0 atom stereocenters. The first-order valence-corrected chi connectivity index (χ1v) is 9.80. The lowest BCUT2D eigenvalue weighted by Gasteiger charge is -2.27. The number of fused-ring (bicyclic) bond motifs is 2. The zero-order chi connectivity index (χ0) is 18.2. The topological polar surface area (TPSA) is 61.9 Å². The van der Waals surface area contributed by atoms with Crippen LogP contribution in [-0.4, -0.2) is 26.4 Å². The molecule has 0 saturated carbocycles. The summed E-state index contributed by atoms with van der Waals surface area (Å²) in [7, 11) is 0. The van der Waals surface area contributed by atoms with E-state index in [2.05, 4.69) is 45.2 Å². The third kappa shape index (κ3) is 3.18. The number of aromatic nitrogens is 3. The molecule has 0 saturated heterocycles. The van der Waals surface area contributed by atoms with Crippen molar-refractivity contribution in [1.29, 1.82) is 0 Å². The van der Waals surface area contributed by atoms with Gasteiger partial charge in [0.1, 0.15) is 5.82 Å². The van der Waals surface area contributed by atoms with Gasteiger partial charge < -0.3 is 4.98 Å². The lowest BCUT2D eigenvalue weighted by Crippen LogP contribution is -2.35. The molecule has 0 bridgehead atoms. The largest absolute Gasteiger partial charge is 0.306 e. The summed E-state index contributed by atoms with van der Waals surface area (Å²) < 4.78 is 1.31. The highest BCUT2D eigenvalue weighted by molar-refractivity contribution is 7.19. The zero-order valence-electron chi connectivity index (χ0n) is 14.7. The van der Waals surface area contributed by atoms with Crippen molar-refractivity contribution in [2.75, 3.05) is 6.54 Å². The lowest BCUT2D eigenvalue weighted by atomic mass is 10.1. The Hall–Kier alpha value is -2.83. The summed E-state index contributed by atoms with van der Waals surface area (Å²) in [6.07, 6.45) is 4.23. The van der Waals surface area contributed by atoms with Gasteiger partial charge in [-0.25, -0.2) is 4.98 Å². The third-order valence-electron chi connectivity index (χ3n) is 4.94. The molecule has 0 amide bonds. The van der Waals surface area contributed by atoms with Gasteiger partial charge >= 0.3 is 0 Å². The molecule has 0 aliphatic carbocycles. The second kappa shape index (κ2) is 6.72. The monoisotopic (exact) mass is 374 g/mol. The maximum absolute atomic E-state index is 12.7. The average molecular weight is 374 g/mol. The first kappa shape index (κ1) is 16.4. The molecular formula is C21H18N4OS. The van der Waals surface area contributed by atoms with Crippen LogP contribution in [0.3, 0.4) is 0 Å². The highest BCUT2D eigenvalue weighted by Crippen LogP contribution is 2.27. The molecule has 1 aliphatic rings. The van der Waals surface area contributed by atoms with E-state index in [1.165, 1.54) is 15.0 Å². The Morgan fingerprint density at radius 2 is 2.11 bits per heavy atom. The molecule has 6 heteroatoms. The van der Waals surface area contributed by atoms with Crippen LogP contribution in [0.1, 0.15) is 16.1 Å². The number of aromatic amines is 1. The van der Waals surface area contributed by atoms with Gasteiger partial charge in [-0.1, -0.05) is 18.2 Å². The Morgan fingerprint density at radius 3 is 2.96 bits per heavy atom. The van der Waals surface area contributed by atoms with E-state index in [1.807, 2.05) is 23.5 Å². The first-order chi connectivity index (χ1) is 13.3. The number of pyridine rings is 1. The van der Waals surface area contributed by atoms with Crippen LogP contribution in [-0.2, 0) is 19.5 Å². The van der Waals surface area contributed by atoms with Crippen molar-refractivity contribution < 1.29 is 0 Å². The maximum atomic E-state index is 12.7. The summed E-state index contributed by atoms with van der Waals surface area (Å²) in [6, 6.07) is 14.5. The highest BCUT2D eigenvalue weighted by Gasteiger charge is 2.22. The predicted octanol–water partition coefficient (Wildman–Crippen LogP) is 3.60. The quantitative estimate of drug-likeness (QED) is 0.595. The van der Waals surface area contributed by atoms with Crippen LogP contribution in [0.25, 0.3) is 21.5 Å². The molecule has 3 aromatic heterocycles. The number of benzene rings is 1. The van der Waals surface area contributed by atoms with Gasteiger partial charge in [-0.2, -0.15) is 0 Å². The van der Waals surface area contributed by atoms with Crippen LogP contribution in [0.2, 0.25) is 0 Å². The summed E-state index contributed by atoms with van der Waals surface area (Å²) in [4.78, 5) is 28.1. The number of thiophene rings is 1. The highest BCUT2D eigenvalue weighted by atomic mass is 32.1. The molecule has 0 fully saturated rings. The Morgan fingerprint density at radius 1 is 1.19 bits per heavy atom. The smallest absolute Gasteiger partial charge is 0.255 e. The minimum atomic E-state index is -0.0418. The summed E-state index contributed by atoms with van der Waals surface area (Å²) >= 11 is 1.83. The second-order valence-corrected chi connectivity index (χ2v) is 7.96. The van der Waals surface area contributed by atoms with Crippen LogP contribution in [0, 0.1) is 0 Å². The van der Waals surface area contributed by atoms with Gasteiger partial charge in [0.15, 0.2) is 0 Å². The molecule has 5 rings (SSSR count). The van der Waals surface area contributed by atoms with Crippen molar-refractivity contribution in [3.8, 4) is 11.4 Å². The van der Waals surface area contributed by atoms with E-state index in [0.29, 0.717) is 12.4 Å². The molecule has 27 heavy (non-hydrogen) atoms. The number of rotatable bonds is 3. The molecule has 1 N–H and O–H groups in total. The van der Waals surface area contributed by atoms with Gasteiger partial charge in [0.25, 0.3) is 5.56 Å². The molecule has 5 nitrogen and oxygen atoms in total. The summed E-state index contributed by atoms with van der Waals surface area (Å²) in [5, 5.41) is 1.29. The molecule has 0 spiro atoms. The minimum Gasteiger partial charge on any atom is -0.306 e. The first-order valence-electron chi connectivity index (χ1n) is 8.98. The van der Waals surface area contributed by atoms with E-state index in [4.69, 9.17) is 4.98 Å². The van der Waals surface area contributed by atoms with Crippen molar-refractivity contribution in [2.24, 2.45) is 0 Å². The SMILES string of the molecule is O=c1[nH]c(-c2cccnc2)nc2c1CN(Cc1cc3ccccc3s1)CC2. The van der Waals surface area contributed by atoms with Gasteiger partial charge in [0.2, 0.25) is 0 Å². The molecule has 1 aliphatic heterocycles. The maximum Gasteiger partial charge on any atom is 0.255 e. The van der Waals surface area contributed by atoms with Gasteiger partial charge in [0.05, 0.1) is 11.3 Å². The van der Waals surface area contributed by atoms with Crippen LogP contribution in [0.4, 0.5) is 0 Å². The van der Waals surface area contributed by atoms with Crippen LogP contribution in [0.15, 0.2) is 59.7 Å². The van der Waals surface area contributed by atoms with Crippen molar-refractivity contribution in [3.05, 3.63) is 81.3 Å². The van der Waals surface area contributed by atoms with Gasteiger partial charge in [0, 0.05) is 53.6 Å². The van der Waals surface area contributed by atoms with Gasteiger partial charge in [-0.3, -0.25) is 14.7 Å². The van der Waals surface area contributed by atoms with Crippen molar-refractivity contribution in [2.45, 2.75) is 19.5 Å². The molecule has 4 heterocycles. The standard InChI is InChI=1S/C21H18N4OS/c26-21-17-13-25(12-16-10-14-4-1-2-6-19(14)27-16)9-7-18(17)23-20(24-21)15-5-3-8-22-11-15/h1-6,8,10-11H,7,9,12-13H2,(H,23,24,26). The van der Waals surface area contributed by atoms with Gasteiger partial charge in [-0.05, 0) is 29.7 Å². The predicted molar refractivity (Wildman–Crippen MR) is 108 cm³/mol. The summed E-state index contributed by atoms with van der Waals surface area (Å²) in [6.45, 7) is 2.41. The van der Waals surface area contributed by atoms with Crippen molar-refractivity contribution >= 4 is 21.4 Å². The fraction of sp³-hybridized carbons (Fsp3) is 0.190. The molecular weight excluding hydrogens is 356 g/mol. The normalized spacial score (nSPS) is 14.4. The number of H-pyrrole nitrogens is 1. The Balaban J connectivity index is 1.40. The van der Waals surface area contributed by atoms with Gasteiger partial charge in [-0.15, -0.1) is 11.3 Å². The lowest BCUT2D eigenvalue weighted by molar-refractivity contribution is 0.244. The van der Waals surface area contributed by atoms with E-state index in [0.717, 1.165) is 36.3 Å². The summed E-state index contributed by atoms with van der Waals surface area (Å²) in [5.41, 5.74) is 2.49. The minimum absolute atomic E-state index is 0.0418. The number of nitrogens with one attached hydrogen (secondary N) is 1. The van der Waals surface area contributed by atoms with Crippen LogP contribution < -0.4 is 5.56 Å². The molecule has 4 aromatic rings. The summed E-state index contributed by atoms with van der Waals surface area (Å²) in [5.74, 6) is 0.602. The van der Waals surface area contributed by atoms with Crippen molar-refractivity contribution in [1.82, 2.24) is 19.9 Å². The average Bonchev–Trinajstić information content (AvgIpc) is 3.11. The van der Waals surface area contributed by atoms with E-state index in [-0.39, 0.29) is 5.56 Å². The fourth-order valence-corrected chi connectivity index (χ4v) is 4.70. The molecule has 134 valence electrons. The van der Waals surface area contributed by atoms with Crippen molar-refractivity contribution in [3.63, 3.8) is 0 Å². The zero-order valence-corrected chi connectivity index (χ0v) is 15.5. The Labute approximate surface area is 160 Å². The van der Waals surface area contributed by atoms with E-state index >= 15 is 0 Å². The second-order valence-electron chi connectivity index (χ2n) is 6.79. The Bertz CT molecular complexity index is 1130. The van der Waals surface area contributed by atoms with Crippen LogP contribution >= 0.6 is 11.3 Å². The molecule has 0 radical (unpaired) electrons. The van der Waals surface area contributed by atoms with E-state index < -0.39 is 0 Å². The molecule has 0 unspecified atom stereocenters. The van der Waals surface area contributed by atoms with E-state index in [1.54, 1.807) is 12.4 Å². The fourth-order valence-electron chi connectivity index (χ4n) is 3.59. The van der Waals surface area contributed by atoms with Crippen LogP contribution in [0.5, 0.6) is 0 Å². The van der Waals surface area contributed by atoms with E-state index in [9.17, 15) is 4.79 Å². The number of hydrogen-bond acceptors (Lipinski definition) is 5. The number of nitrogens with zero attached hydrogens (tertiary/aromatic N) is 3. The third-order valence-corrected chi connectivity index (χ3v) is 6.04. The molecule has 1 aromatic carbocycles.